The van der Waals surface area contributed by atoms with Gasteiger partial charge in [0.05, 0.1) is 5.56 Å². The molecule has 2 aromatic carbocycles. The molecule has 2 aromatic rings. The van der Waals surface area contributed by atoms with E-state index in [-0.39, 0.29) is 5.82 Å². The van der Waals surface area contributed by atoms with Crippen molar-refractivity contribution in [3.05, 3.63) is 69.5 Å². The van der Waals surface area contributed by atoms with E-state index in [1.54, 1.807) is 6.07 Å². The van der Waals surface area contributed by atoms with Crippen molar-refractivity contribution in [1.82, 2.24) is 0 Å². The van der Waals surface area contributed by atoms with Crippen molar-refractivity contribution >= 4 is 0 Å². The fourth-order valence-corrected chi connectivity index (χ4v) is 2.88. The van der Waals surface area contributed by atoms with Crippen LogP contribution in [0.25, 0.3) is 0 Å². The van der Waals surface area contributed by atoms with Crippen LogP contribution in [0.3, 0.4) is 0 Å². The summed E-state index contributed by atoms with van der Waals surface area (Å²) in [5.41, 5.74) is 6.18. The van der Waals surface area contributed by atoms with E-state index in [9.17, 15) is 4.39 Å². The summed E-state index contributed by atoms with van der Waals surface area (Å²) in [5.74, 6) is 7.14. The summed E-state index contributed by atoms with van der Waals surface area (Å²) in [4.78, 5) is 0. The molecular weight excluding hydrogens is 271 g/mol. The van der Waals surface area contributed by atoms with Crippen LogP contribution >= 0.6 is 0 Å². The van der Waals surface area contributed by atoms with Crippen LogP contribution in [0, 0.1) is 44.3 Å². The first-order chi connectivity index (χ1) is 10.5. The Labute approximate surface area is 132 Å². The van der Waals surface area contributed by atoms with Crippen LogP contribution in [-0.2, 0) is 0 Å². The molecule has 0 spiro atoms. The van der Waals surface area contributed by atoms with Crippen molar-refractivity contribution in [1.29, 1.82) is 0 Å². The lowest BCUT2D eigenvalue weighted by Gasteiger charge is -2.04. The van der Waals surface area contributed by atoms with E-state index in [4.69, 9.17) is 0 Å². The minimum Gasteiger partial charge on any atom is -0.206 e. The molecule has 0 bridgehead atoms. The number of halogens is 1. The van der Waals surface area contributed by atoms with Gasteiger partial charge in [0.15, 0.2) is 0 Å². The lowest BCUT2D eigenvalue weighted by Crippen LogP contribution is -1.90. The van der Waals surface area contributed by atoms with Gasteiger partial charge in [-0.1, -0.05) is 30.9 Å². The van der Waals surface area contributed by atoms with E-state index in [0.29, 0.717) is 17.4 Å². The van der Waals surface area contributed by atoms with E-state index in [0.717, 1.165) is 16.7 Å². The smallest absolute Gasteiger partial charge is 0.139 e. The Bertz CT molecular complexity index is 790. The first-order valence-electron chi connectivity index (χ1n) is 7.85. The zero-order valence-electron chi connectivity index (χ0n) is 13.6. The predicted octanol–water partition coefficient (Wildman–Crippen LogP) is 5.27. The van der Waals surface area contributed by atoms with Crippen LogP contribution in [-0.4, -0.2) is 0 Å². The maximum atomic E-state index is 14.2. The van der Waals surface area contributed by atoms with E-state index in [1.165, 1.54) is 17.5 Å². The molecule has 1 aliphatic rings. The molecule has 0 saturated heterocycles. The summed E-state index contributed by atoms with van der Waals surface area (Å²) in [6.07, 6.45) is 1.17. The quantitative estimate of drug-likeness (QED) is 0.628. The number of aryl methyl sites for hydroxylation is 3. The van der Waals surface area contributed by atoms with Gasteiger partial charge in [0.25, 0.3) is 0 Å². The highest BCUT2D eigenvalue weighted by Gasteiger charge is 2.34. The molecule has 112 valence electrons. The summed E-state index contributed by atoms with van der Waals surface area (Å²) in [7, 11) is 0. The van der Waals surface area contributed by atoms with Crippen molar-refractivity contribution in [3.8, 4) is 11.8 Å². The summed E-state index contributed by atoms with van der Waals surface area (Å²) in [5, 5.41) is 0. The molecule has 3 rings (SSSR count). The van der Waals surface area contributed by atoms with Crippen molar-refractivity contribution in [2.45, 2.75) is 40.0 Å². The van der Waals surface area contributed by atoms with Gasteiger partial charge in [-0.15, -0.1) is 0 Å². The number of hydrogen-bond donors (Lipinski definition) is 0. The summed E-state index contributed by atoms with van der Waals surface area (Å²) in [6, 6.07) is 9.71. The molecule has 1 aliphatic carbocycles. The van der Waals surface area contributed by atoms with Gasteiger partial charge in [-0.3, -0.25) is 0 Å². The Hall–Kier alpha value is -2.07. The standard InChI is InChI=1S/C21H21F/c1-13-9-15(3)18(10-14(13)2)7-5-17-6-8-19(12-21(17)22)20-11-16(20)4/h6,8-10,12,16,20H,11H2,1-4H3. The average molecular weight is 292 g/mol. The molecule has 1 fully saturated rings. The van der Waals surface area contributed by atoms with Gasteiger partial charge in [0.1, 0.15) is 5.82 Å². The first kappa shape index (κ1) is 14.9. The van der Waals surface area contributed by atoms with Crippen LogP contribution in [0.1, 0.15) is 52.6 Å². The zero-order valence-corrected chi connectivity index (χ0v) is 13.6. The molecule has 0 aromatic heterocycles. The van der Waals surface area contributed by atoms with Crippen molar-refractivity contribution < 1.29 is 4.39 Å². The second kappa shape index (κ2) is 5.61. The Kier molecular flexibility index (Phi) is 3.79. The van der Waals surface area contributed by atoms with Crippen LogP contribution in [0.15, 0.2) is 30.3 Å². The van der Waals surface area contributed by atoms with Crippen LogP contribution in [0.4, 0.5) is 4.39 Å². The fourth-order valence-electron chi connectivity index (χ4n) is 2.88. The molecule has 2 atom stereocenters. The maximum Gasteiger partial charge on any atom is 0.139 e. The van der Waals surface area contributed by atoms with E-state index < -0.39 is 0 Å². The molecule has 22 heavy (non-hydrogen) atoms. The molecule has 1 saturated carbocycles. The summed E-state index contributed by atoms with van der Waals surface area (Å²) < 4.78 is 14.2. The molecule has 0 N–H and O–H groups in total. The molecule has 0 aliphatic heterocycles. The van der Waals surface area contributed by atoms with Gasteiger partial charge >= 0.3 is 0 Å². The zero-order chi connectivity index (χ0) is 15.9. The van der Waals surface area contributed by atoms with E-state index in [2.05, 4.69) is 44.7 Å². The third-order valence-electron chi connectivity index (χ3n) is 4.70. The van der Waals surface area contributed by atoms with Crippen molar-refractivity contribution in [2.75, 3.05) is 0 Å². The third-order valence-corrected chi connectivity index (χ3v) is 4.70. The van der Waals surface area contributed by atoms with Crippen LogP contribution in [0.2, 0.25) is 0 Å². The molecule has 1 heteroatoms. The first-order valence-corrected chi connectivity index (χ1v) is 7.85. The average Bonchev–Trinajstić information content (AvgIpc) is 3.19. The summed E-state index contributed by atoms with van der Waals surface area (Å²) >= 11 is 0. The topological polar surface area (TPSA) is 0 Å². The minimum atomic E-state index is -0.203. The van der Waals surface area contributed by atoms with Gasteiger partial charge < -0.3 is 0 Å². The Morgan fingerprint density at radius 1 is 0.909 bits per heavy atom. The van der Waals surface area contributed by atoms with Gasteiger partial charge in [-0.2, -0.15) is 0 Å². The number of rotatable bonds is 1. The molecule has 0 nitrogen and oxygen atoms in total. The predicted molar refractivity (Wildman–Crippen MR) is 89.6 cm³/mol. The third kappa shape index (κ3) is 2.92. The molecule has 0 amide bonds. The molecular formula is C21H21F. The second-order valence-electron chi connectivity index (χ2n) is 6.56. The highest BCUT2D eigenvalue weighted by molar-refractivity contribution is 5.50. The summed E-state index contributed by atoms with van der Waals surface area (Å²) in [6.45, 7) is 8.42. The number of hydrogen-bond acceptors (Lipinski definition) is 0. The Balaban J connectivity index is 1.89. The van der Waals surface area contributed by atoms with Crippen molar-refractivity contribution in [2.24, 2.45) is 5.92 Å². The normalized spacial score (nSPS) is 19.5. The molecule has 0 radical (unpaired) electrons. The van der Waals surface area contributed by atoms with Crippen LogP contribution in [0.5, 0.6) is 0 Å². The second-order valence-corrected chi connectivity index (χ2v) is 6.56. The van der Waals surface area contributed by atoms with Crippen molar-refractivity contribution in [3.63, 3.8) is 0 Å². The Morgan fingerprint density at radius 2 is 1.55 bits per heavy atom. The van der Waals surface area contributed by atoms with E-state index >= 15 is 0 Å². The fraction of sp³-hybridized carbons (Fsp3) is 0.333. The monoisotopic (exact) mass is 292 g/mol. The SMILES string of the molecule is Cc1cc(C)c(C#Cc2ccc(C3CC3C)cc2F)cc1C. The van der Waals surface area contributed by atoms with Gasteiger partial charge in [0, 0.05) is 5.56 Å². The van der Waals surface area contributed by atoms with Gasteiger partial charge in [0.2, 0.25) is 0 Å². The van der Waals surface area contributed by atoms with Gasteiger partial charge in [-0.25, -0.2) is 4.39 Å². The van der Waals surface area contributed by atoms with Gasteiger partial charge in [-0.05, 0) is 79.5 Å². The largest absolute Gasteiger partial charge is 0.206 e. The molecule has 0 heterocycles. The lowest BCUT2D eigenvalue weighted by molar-refractivity contribution is 0.621. The number of benzene rings is 2. The minimum absolute atomic E-state index is 0.203. The van der Waals surface area contributed by atoms with Crippen LogP contribution < -0.4 is 0 Å². The maximum absolute atomic E-state index is 14.2. The van der Waals surface area contributed by atoms with E-state index in [1.807, 2.05) is 19.1 Å². The molecule has 2 unspecified atom stereocenters. The Morgan fingerprint density at radius 3 is 2.18 bits per heavy atom. The highest BCUT2D eigenvalue weighted by Crippen LogP contribution is 2.47. The highest BCUT2D eigenvalue weighted by atomic mass is 19.1. The lowest BCUT2D eigenvalue weighted by atomic mass is 10.0.